The summed E-state index contributed by atoms with van der Waals surface area (Å²) >= 11 is 19.2. The number of carbonyl (C=O) groups is 2. The zero-order valence-corrected chi connectivity index (χ0v) is 24.7. The molecule has 39 heavy (non-hydrogen) atoms. The SMILES string of the molecule is CCCNC(=O)C(CC)N(Cc1c(Cl)cccc1Cl)C(=O)CN(c1ccccc1Cl)S(=O)(=O)c1ccccc1. The van der Waals surface area contributed by atoms with E-state index in [1.807, 2.05) is 6.92 Å². The number of benzene rings is 3. The van der Waals surface area contributed by atoms with Crippen molar-refractivity contribution in [2.24, 2.45) is 0 Å². The minimum absolute atomic E-state index is 0.00820. The normalized spacial score (nSPS) is 12.0. The quantitative estimate of drug-likeness (QED) is 0.266. The molecule has 3 rings (SSSR count). The summed E-state index contributed by atoms with van der Waals surface area (Å²) in [5.74, 6) is -0.977. The Hall–Kier alpha value is -2.78. The molecule has 3 aromatic carbocycles. The van der Waals surface area contributed by atoms with Crippen LogP contribution in [-0.2, 0) is 26.2 Å². The lowest BCUT2D eigenvalue weighted by Crippen LogP contribution is -2.52. The number of rotatable bonds is 12. The minimum atomic E-state index is -4.21. The molecule has 11 heteroatoms. The number of nitrogens with one attached hydrogen (secondary N) is 1. The molecule has 0 fully saturated rings. The number of hydrogen-bond acceptors (Lipinski definition) is 4. The van der Waals surface area contributed by atoms with E-state index >= 15 is 0 Å². The molecule has 1 unspecified atom stereocenters. The van der Waals surface area contributed by atoms with Crippen molar-refractivity contribution in [2.45, 2.75) is 44.2 Å². The van der Waals surface area contributed by atoms with Crippen LogP contribution in [0.3, 0.4) is 0 Å². The molecule has 0 spiro atoms. The van der Waals surface area contributed by atoms with E-state index in [0.717, 1.165) is 4.31 Å². The molecule has 0 aliphatic carbocycles. The zero-order valence-electron chi connectivity index (χ0n) is 21.6. The van der Waals surface area contributed by atoms with Crippen molar-refractivity contribution in [3.63, 3.8) is 0 Å². The first-order valence-electron chi connectivity index (χ1n) is 12.4. The van der Waals surface area contributed by atoms with Gasteiger partial charge in [-0.1, -0.05) is 85.0 Å². The molecule has 0 aromatic heterocycles. The van der Waals surface area contributed by atoms with Crippen molar-refractivity contribution >= 4 is 62.3 Å². The zero-order chi connectivity index (χ0) is 28.6. The molecular weight excluding hydrogens is 581 g/mol. The molecule has 0 saturated carbocycles. The summed E-state index contributed by atoms with van der Waals surface area (Å²) in [5, 5.41) is 3.63. The number of amides is 2. The van der Waals surface area contributed by atoms with Crippen molar-refractivity contribution < 1.29 is 18.0 Å². The first kappa shape index (κ1) is 30.8. The Labute approximate surface area is 244 Å². The monoisotopic (exact) mass is 609 g/mol. The van der Waals surface area contributed by atoms with E-state index in [0.29, 0.717) is 28.6 Å². The smallest absolute Gasteiger partial charge is 0.264 e. The molecular formula is C28H30Cl3N3O4S. The number of carbonyl (C=O) groups excluding carboxylic acids is 2. The van der Waals surface area contributed by atoms with E-state index in [1.165, 1.54) is 23.1 Å². The Kier molecular flexibility index (Phi) is 11.1. The lowest BCUT2D eigenvalue weighted by Gasteiger charge is -2.33. The predicted molar refractivity (Wildman–Crippen MR) is 157 cm³/mol. The van der Waals surface area contributed by atoms with E-state index in [2.05, 4.69) is 5.32 Å². The first-order chi connectivity index (χ1) is 18.6. The summed E-state index contributed by atoms with van der Waals surface area (Å²) in [5.41, 5.74) is 0.585. The van der Waals surface area contributed by atoms with Gasteiger partial charge in [-0.3, -0.25) is 13.9 Å². The predicted octanol–water partition coefficient (Wildman–Crippen LogP) is 6.18. The summed E-state index contributed by atoms with van der Waals surface area (Å²) in [4.78, 5) is 28.5. The molecule has 208 valence electrons. The van der Waals surface area contributed by atoms with E-state index < -0.39 is 28.5 Å². The van der Waals surface area contributed by atoms with Crippen molar-refractivity contribution in [3.8, 4) is 0 Å². The van der Waals surface area contributed by atoms with Crippen molar-refractivity contribution in [1.82, 2.24) is 10.2 Å². The van der Waals surface area contributed by atoms with Crippen LogP contribution < -0.4 is 9.62 Å². The molecule has 0 bridgehead atoms. The third-order valence-corrected chi connectivity index (χ3v) is 8.86. The van der Waals surface area contributed by atoms with Crippen LogP contribution in [0.25, 0.3) is 0 Å². The highest BCUT2D eigenvalue weighted by molar-refractivity contribution is 7.92. The van der Waals surface area contributed by atoms with Gasteiger partial charge in [0.05, 0.1) is 15.6 Å². The second-order valence-corrected chi connectivity index (χ2v) is 11.8. The number of hydrogen-bond donors (Lipinski definition) is 1. The first-order valence-corrected chi connectivity index (χ1v) is 15.0. The fourth-order valence-electron chi connectivity index (χ4n) is 4.03. The second-order valence-electron chi connectivity index (χ2n) is 8.71. The van der Waals surface area contributed by atoms with Gasteiger partial charge in [0.25, 0.3) is 10.0 Å². The number of nitrogens with zero attached hydrogens (tertiary/aromatic N) is 2. The van der Waals surface area contributed by atoms with E-state index in [1.54, 1.807) is 61.5 Å². The number of halogens is 3. The van der Waals surface area contributed by atoms with Gasteiger partial charge >= 0.3 is 0 Å². The highest BCUT2D eigenvalue weighted by Crippen LogP contribution is 2.31. The molecule has 0 radical (unpaired) electrons. The van der Waals surface area contributed by atoms with Gasteiger partial charge in [0.1, 0.15) is 12.6 Å². The fourth-order valence-corrected chi connectivity index (χ4v) is 6.29. The number of sulfonamides is 1. The maximum atomic E-state index is 14.0. The van der Waals surface area contributed by atoms with Crippen LogP contribution >= 0.6 is 34.8 Å². The second kappa shape index (κ2) is 14.0. The highest BCUT2D eigenvalue weighted by atomic mass is 35.5. The number of anilines is 1. The summed E-state index contributed by atoms with van der Waals surface area (Å²) in [6, 6.07) is 18.2. The van der Waals surface area contributed by atoms with Crippen molar-refractivity contribution in [3.05, 3.63) is 93.4 Å². The number of para-hydroxylation sites is 1. The van der Waals surface area contributed by atoms with Gasteiger partial charge < -0.3 is 10.2 Å². The fraction of sp³-hybridized carbons (Fsp3) is 0.286. The van der Waals surface area contributed by atoms with Crippen LogP contribution in [0.1, 0.15) is 32.3 Å². The largest absolute Gasteiger partial charge is 0.354 e. The van der Waals surface area contributed by atoms with Gasteiger partial charge in [0, 0.05) is 28.7 Å². The average molecular weight is 611 g/mol. The van der Waals surface area contributed by atoms with E-state index in [-0.39, 0.29) is 34.5 Å². The lowest BCUT2D eigenvalue weighted by molar-refractivity contribution is -0.140. The summed E-state index contributed by atoms with van der Waals surface area (Å²) in [6.45, 7) is 3.41. The molecule has 0 heterocycles. The van der Waals surface area contributed by atoms with Gasteiger partial charge in [-0.25, -0.2) is 8.42 Å². The molecule has 7 nitrogen and oxygen atoms in total. The third kappa shape index (κ3) is 7.45. The van der Waals surface area contributed by atoms with Crippen LogP contribution in [0.2, 0.25) is 15.1 Å². The van der Waals surface area contributed by atoms with Crippen LogP contribution in [0.5, 0.6) is 0 Å². The van der Waals surface area contributed by atoms with Crippen LogP contribution in [0, 0.1) is 0 Å². The molecule has 0 aliphatic rings. The van der Waals surface area contributed by atoms with Crippen molar-refractivity contribution in [1.29, 1.82) is 0 Å². The standard InChI is InChI=1S/C28H30Cl3N3O4S/c1-3-17-32-28(36)25(4-2)33(18-21-22(29)14-10-15-23(21)30)27(35)19-34(26-16-9-8-13-24(26)31)39(37,38)20-11-6-5-7-12-20/h5-16,25H,3-4,17-19H2,1-2H3,(H,32,36). The van der Waals surface area contributed by atoms with Gasteiger partial charge in [-0.15, -0.1) is 0 Å². The Morgan fingerprint density at radius 1 is 0.846 bits per heavy atom. The Morgan fingerprint density at radius 3 is 2.03 bits per heavy atom. The van der Waals surface area contributed by atoms with Gasteiger partial charge in [-0.05, 0) is 49.2 Å². The molecule has 1 atom stereocenters. The molecule has 0 saturated heterocycles. The highest BCUT2D eigenvalue weighted by Gasteiger charge is 2.34. The molecule has 2 amide bonds. The van der Waals surface area contributed by atoms with Crippen LogP contribution in [0.4, 0.5) is 5.69 Å². The minimum Gasteiger partial charge on any atom is -0.354 e. The van der Waals surface area contributed by atoms with Gasteiger partial charge in [0.15, 0.2) is 0 Å². The molecule has 0 aliphatic heterocycles. The topological polar surface area (TPSA) is 86.8 Å². The summed E-state index contributed by atoms with van der Waals surface area (Å²) < 4.78 is 28.6. The lowest BCUT2D eigenvalue weighted by atomic mass is 10.1. The van der Waals surface area contributed by atoms with Crippen LogP contribution in [0.15, 0.2) is 77.7 Å². The Bertz CT molecular complexity index is 1380. The maximum Gasteiger partial charge on any atom is 0.264 e. The van der Waals surface area contributed by atoms with E-state index in [9.17, 15) is 18.0 Å². The van der Waals surface area contributed by atoms with E-state index in [4.69, 9.17) is 34.8 Å². The average Bonchev–Trinajstić information content (AvgIpc) is 2.92. The van der Waals surface area contributed by atoms with Gasteiger partial charge in [-0.2, -0.15) is 0 Å². The molecule has 1 N–H and O–H groups in total. The third-order valence-electron chi connectivity index (χ3n) is 6.06. The summed E-state index contributed by atoms with van der Waals surface area (Å²) in [6.07, 6.45) is 0.989. The Morgan fingerprint density at radius 2 is 1.44 bits per heavy atom. The summed E-state index contributed by atoms with van der Waals surface area (Å²) in [7, 11) is -4.21. The van der Waals surface area contributed by atoms with Gasteiger partial charge in [0.2, 0.25) is 11.8 Å². The molecule has 3 aromatic rings. The van der Waals surface area contributed by atoms with Crippen molar-refractivity contribution in [2.75, 3.05) is 17.4 Å². The van der Waals surface area contributed by atoms with Crippen LogP contribution in [-0.4, -0.2) is 44.3 Å². The maximum absolute atomic E-state index is 14.0. The Balaban J connectivity index is 2.09.